The molecule has 0 aromatic heterocycles. The summed E-state index contributed by atoms with van der Waals surface area (Å²) in [6.45, 7) is 9.00. The molecule has 1 rings (SSSR count). The maximum atomic E-state index is 5.26. The van der Waals surface area contributed by atoms with Crippen LogP contribution in [-0.4, -0.2) is 44.5 Å². The number of piperidine rings is 1. The summed E-state index contributed by atoms with van der Waals surface area (Å²) in [6, 6.07) is 0.633. The van der Waals surface area contributed by atoms with Gasteiger partial charge >= 0.3 is 0 Å². The van der Waals surface area contributed by atoms with E-state index in [-0.39, 0.29) is 6.29 Å². The van der Waals surface area contributed by atoms with Crippen molar-refractivity contribution < 1.29 is 9.47 Å². The molecule has 15 heavy (non-hydrogen) atoms. The molecule has 0 aliphatic carbocycles. The van der Waals surface area contributed by atoms with Crippen molar-refractivity contribution >= 4 is 0 Å². The highest BCUT2D eigenvalue weighted by molar-refractivity contribution is 4.82. The molecule has 90 valence electrons. The zero-order chi connectivity index (χ0) is 11.4. The van der Waals surface area contributed by atoms with Gasteiger partial charge < -0.3 is 9.47 Å². The van der Waals surface area contributed by atoms with E-state index in [0.29, 0.717) is 6.04 Å². The van der Waals surface area contributed by atoms with Crippen molar-refractivity contribution in [2.75, 3.05) is 27.3 Å². The molecular formula is C12H25NO2. The zero-order valence-corrected chi connectivity index (χ0v) is 10.7. The summed E-state index contributed by atoms with van der Waals surface area (Å²) in [7, 11) is 3.41. The Morgan fingerprint density at radius 1 is 1.20 bits per heavy atom. The van der Waals surface area contributed by atoms with Gasteiger partial charge in [-0.05, 0) is 25.2 Å². The van der Waals surface area contributed by atoms with Crippen LogP contribution in [0, 0.1) is 11.8 Å². The monoisotopic (exact) mass is 215 g/mol. The molecular weight excluding hydrogens is 190 g/mol. The Bertz CT molecular complexity index is 182. The smallest absolute Gasteiger partial charge is 0.169 e. The van der Waals surface area contributed by atoms with Crippen LogP contribution >= 0.6 is 0 Å². The summed E-state index contributed by atoms with van der Waals surface area (Å²) in [5, 5.41) is 0. The van der Waals surface area contributed by atoms with Gasteiger partial charge in [0, 0.05) is 33.4 Å². The summed E-state index contributed by atoms with van der Waals surface area (Å²) < 4.78 is 10.5. The first-order valence-corrected chi connectivity index (χ1v) is 5.88. The third-order valence-electron chi connectivity index (χ3n) is 3.63. The Morgan fingerprint density at radius 2 is 1.80 bits per heavy atom. The van der Waals surface area contributed by atoms with Crippen molar-refractivity contribution in [2.45, 2.75) is 39.5 Å². The number of ether oxygens (including phenoxy) is 2. The summed E-state index contributed by atoms with van der Waals surface area (Å²) in [4.78, 5) is 2.48. The van der Waals surface area contributed by atoms with E-state index in [0.717, 1.165) is 24.9 Å². The zero-order valence-electron chi connectivity index (χ0n) is 10.7. The highest BCUT2D eigenvalue weighted by atomic mass is 16.7. The average Bonchev–Trinajstić information content (AvgIpc) is 2.21. The lowest BCUT2D eigenvalue weighted by molar-refractivity contribution is -0.127. The molecule has 1 aliphatic heterocycles. The number of hydrogen-bond donors (Lipinski definition) is 0. The minimum Gasteiger partial charge on any atom is -0.355 e. The van der Waals surface area contributed by atoms with Gasteiger partial charge in [-0.15, -0.1) is 0 Å². The summed E-state index contributed by atoms with van der Waals surface area (Å²) >= 11 is 0. The average molecular weight is 215 g/mol. The van der Waals surface area contributed by atoms with E-state index in [1.165, 1.54) is 6.42 Å². The van der Waals surface area contributed by atoms with Crippen LogP contribution < -0.4 is 0 Å². The minimum atomic E-state index is -0.0926. The van der Waals surface area contributed by atoms with Gasteiger partial charge in [0.2, 0.25) is 0 Å². The van der Waals surface area contributed by atoms with Crippen LogP contribution in [-0.2, 0) is 9.47 Å². The van der Waals surface area contributed by atoms with Crippen molar-refractivity contribution in [3.8, 4) is 0 Å². The molecule has 0 saturated carbocycles. The number of likely N-dealkylation sites (tertiary alicyclic amines) is 1. The Kier molecular flexibility index (Phi) is 5.03. The molecule has 0 bridgehead atoms. The van der Waals surface area contributed by atoms with Gasteiger partial charge in [0.1, 0.15) is 0 Å². The molecule has 1 heterocycles. The van der Waals surface area contributed by atoms with Gasteiger partial charge in [-0.2, -0.15) is 0 Å². The minimum absolute atomic E-state index is 0.0926. The fourth-order valence-electron chi connectivity index (χ4n) is 2.51. The summed E-state index contributed by atoms with van der Waals surface area (Å²) in [6.07, 6.45) is 1.24. The van der Waals surface area contributed by atoms with Gasteiger partial charge in [0.05, 0.1) is 0 Å². The Labute approximate surface area is 93.7 Å². The molecule has 0 aromatic carbocycles. The van der Waals surface area contributed by atoms with Crippen molar-refractivity contribution in [1.82, 2.24) is 4.90 Å². The predicted octanol–water partition coefficient (Wildman–Crippen LogP) is 1.97. The lowest BCUT2D eigenvalue weighted by Gasteiger charge is -2.42. The van der Waals surface area contributed by atoms with Crippen LogP contribution in [0.15, 0.2) is 0 Å². The lowest BCUT2D eigenvalue weighted by Crippen LogP contribution is -2.49. The second-order valence-corrected chi connectivity index (χ2v) is 4.91. The molecule has 3 atom stereocenters. The van der Waals surface area contributed by atoms with Gasteiger partial charge in [-0.3, -0.25) is 4.90 Å². The first-order chi connectivity index (χ1) is 7.08. The molecule has 0 spiro atoms. The van der Waals surface area contributed by atoms with Gasteiger partial charge in [-0.25, -0.2) is 0 Å². The Hall–Kier alpha value is -0.120. The predicted molar refractivity (Wildman–Crippen MR) is 61.8 cm³/mol. The highest BCUT2D eigenvalue weighted by Crippen LogP contribution is 2.26. The maximum Gasteiger partial charge on any atom is 0.169 e. The molecule has 0 amide bonds. The second kappa shape index (κ2) is 5.83. The molecule has 3 heteroatoms. The normalized spacial score (nSPS) is 33.6. The molecule has 1 saturated heterocycles. The summed E-state index contributed by atoms with van der Waals surface area (Å²) in [5.41, 5.74) is 0. The quantitative estimate of drug-likeness (QED) is 0.669. The molecule has 3 nitrogen and oxygen atoms in total. The van der Waals surface area contributed by atoms with Gasteiger partial charge in [-0.1, -0.05) is 13.8 Å². The van der Waals surface area contributed by atoms with Gasteiger partial charge in [0.25, 0.3) is 0 Å². The third-order valence-corrected chi connectivity index (χ3v) is 3.63. The van der Waals surface area contributed by atoms with E-state index >= 15 is 0 Å². The lowest BCUT2D eigenvalue weighted by atomic mass is 9.86. The van der Waals surface area contributed by atoms with Crippen molar-refractivity contribution in [3.63, 3.8) is 0 Å². The van der Waals surface area contributed by atoms with E-state index in [1.54, 1.807) is 14.2 Å². The number of methoxy groups -OCH3 is 2. The van der Waals surface area contributed by atoms with Crippen LogP contribution in [0.1, 0.15) is 27.2 Å². The fourth-order valence-corrected chi connectivity index (χ4v) is 2.51. The van der Waals surface area contributed by atoms with Gasteiger partial charge in [0.15, 0.2) is 6.29 Å². The van der Waals surface area contributed by atoms with Crippen LogP contribution in [0.25, 0.3) is 0 Å². The number of hydrogen-bond acceptors (Lipinski definition) is 3. The first-order valence-electron chi connectivity index (χ1n) is 5.88. The number of nitrogens with zero attached hydrogens (tertiary/aromatic N) is 1. The van der Waals surface area contributed by atoms with E-state index < -0.39 is 0 Å². The third kappa shape index (κ3) is 3.44. The fraction of sp³-hybridized carbons (Fsp3) is 1.00. The number of rotatable bonds is 4. The van der Waals surface area contributed by atoms with E-state index in [1.807, 2.05) is 0 Å². The first kappa shape index (κ1) is 12.9. The van der Waals surface area contributed by atoms with Crippen LogP contribution in [0.2, 0.25) is 0 Å². The highest BCUT2D eigenvalue weighted by Gasteiger charge is 2.30. The van der Waals surface area contributed by atoms with E-state index in [4.69, 9.17) is 9.47 Å². The molecule has 1 aliphatic rings. The van der Waals surface area contributed by atoms with Crippen molar-refractivity contribution in [1.29, 1.82) is 0 Å². The standard InChI is InChI=1S/C12H25NO2/c1-9-6-10(2)11(3)13(7-9)8-12(14-4)15-5/h9-12H,6-8H2,1-5H3. The van der Waals surface area contributed by atoms with E-state index in [2.05, 4.69) is 25.7 Å². The van der Waals surface area contributed by atoms with Crippen LogP contribution in [0.3, 0.4) is 0 Å². The van der Waals surface area contributed by atoms with Crippen LogP contribution in [0.5, 0.6) is 0 Å². The van der Waals surface area contributed by atoms with Crippen LogP contribution in [0.4, 0.5) is 0 Å². The topological polar surface area (TPSA) is 21.7 Å². The Morgan fingerprint density at radius 3 is 2.33 bits per heavy atom. The molecule has 0 aromatic rings. The van der Waals surface area contributed by atoms with Crippen molar-refractivity contribution in [2.24, 2.45) is 11.8 Å². The maximum absolute atomic E-state index is 5.26. The molecule has 0 radical (unpaired) electrons. The largest absolute Gasteiger partial charge is 0.355 e. The molecule has 1 fully saturated rings. The summed E-state index contributed by atoms with van der Waals surface area (Å²) in [5.74, 6) is 1.55. The molecule has 3 unspecified atom stereocenters. The second-order valence-electron chi connectivity index (χ2n) is 4.91. The van der Waals surface area contributed by atoms with Crippen molar-refractivity contribution in [3.05, 3.63) is 0 Å². The SMILES string of the molecule is COC(CN1CC(C)CC(C)C1C)OC. The van der Waals surface area contributed by atoms with E-state index in [9.17, 15) is 0 Å². The molecule has 0 N–H and O–H groups in total. The Balaban J connectivity index is 2.51.